The van der Waals surface area contributed by atoms with E-state index < -0.39 is 25.7 Å². The fourth-order valence-corrected chi connectivity index (χ4v) is 3.69. The van der Waals surface area contributed by atoms with E-state index in [4.69, 9.17) is 0 Å². The Morgan fingerprint density at radius 2 is 1.21 bits per heavy atom. The van der Waals surface area contributed by atoms with E-state index in [0.29, 0.717) is 0 Å². The van der Waals surface area contributed by atoms with Crippen molar-refractivity contribution in [3.05, 3.63) is 0 Å². The molecule has 0 bridgehead atoms. The molecule has 0 N–H and O–H groups in total. The van der Waals surface area contributed by atoms with Crippen LogP contribution in [0.4, 0.5) is 34.7 Å². The standard InChI is InChI=1S/C7H10F8N3P/c1-17-3-4-18(2)19(17,14,15)16-5(6(8,9)10)7(11,12)13/h3-4H2,1-2H3. The Balaban J connectivity index is 3.45. The van der Waals surface area contributed by atoms with Crippen LogP contribution in [0.15, 0.2) is 4.76 Å². The molecule has 1 fully saturated rings. The van der Waals surface area contributed by atoms with Crippen LogP contribution in [0, 0.1) is 0 Å². The summed E-state index contributed by atoms with van der Waals surface area (Å²) in [5.41, 5.74) is -3.41. The zero-order valence-electron chi connectivity index (χ0n) is 9.73. The van der Waals surface area contributed by atoms with Crippen molar-refractivity contribution < 1.29 is 34.7 Å². The molecule has 0 aromatic rings. The normalized spacial score (nSPS) is 26.7. The molecule has 1 aliphatic rings. The number of halogens is 8. The molecule has 0 aliphatic carbocycles. The number of hydrogen-bond donors (Lipinski definition) is 0. The van der Waals surface area contributed by atoms with Gasteiger partial charge in [-0.2, -0.15) is 0 Å². The summed E-state index contributed by atoms with van der Waals surface area (Å²) in [7, 11) is -5.26. The predicted molar refractivity (Wildman–Crippen MR) is 53.9 cm³/mol. The summed E-state index contributed by atoms with van der Waals surface area (Å²) in [6.07, 6.45) is -12.0. The Hall–Kier alpha value is -0.540. The van der Waals surface area contributed by atoms with Crippen molar-refractivity contribution >= 4 is 13.4 Å². The van der Waals surface area contributed by atoms with Crippen molar-refractivity contribution in [2.75, 3.05) is 27.2 Å². The van der Waals surface area contributed by atoms with Gasteiger partial charge in [-0.3, -0.25) is 0 Å². The summed E-state index contributed by atoms with van der Waals surface area (Å²) in [4.78, 5) is 0. The first-order chi connectivity index (χ1) is 8.18. The summed E-state index contributed by atoms with van der Waals surface area (Å²) in [6.45, 7) is -0.734. The van der Waals surface area contributed by atoms with Crippen molar-refractivity contribution in [1.82, 2.24) is 9.34 Å². The quantitative estimate of drug-likeness (QED) is 0.418. The summed E-state index contributed by atoms with van der Waals surface area (Å²) in [5, 5.41) is 0. The monoisotopic (exact) mass is 319 g/mol. The molecular weight excluding hydrogens is 309 g/mol. The molecule has 0 saturated carbocycles. The molecule has 114 valence electrons. The molecule has 12 heteroatoms. The molecule has 0 aromatic heterocycles. The van der Waals surface area contributed by atoms with Crippen molar-refractivity contribution in [2.24, 2.45) is 4.76 Å². The van der Waals surface area contributed by atoms with Gasteiger partial charge in [0.2, 0.25) is 0 Å². The van der Waals surface area contributed by atoms with Crippen LogP contribution in [-0.4, -0.2) is 54.6 Å². The Kier molecular flexibility index (Phi) is 3.67. The molecule has 1 saturated heterocycles. The average Bonchev–Trinajstić information content (AvgIpc) is 2.37. The molecule has 0 spiro atoms. The SMILES string of the molecule is CN1CCN(C)P1(F)(F)N=C(C(F)(F)F)C(F)(F)F. The van der Waals surface area contributed by atoms with Crippen molar-refractivity contribution in [2.45, 2.75) is 12.4 Å². The van der Waals surface area contributed by atoms with E-state index in [1.54, 1.807) is 0 Å². The van der Waals surface area contributed by atoms with Gasteiger partial charge in [0.1, 0.15) is 0 Å². The molecule has 0 unspecified atom stereocenters. The summed E-state index contributed by atoms with van der Waals surface area (Å²) >= 11 is 0. The van der Waals surface area contributed by atoms with Crippen LogP contribution >= 0.6 is 7.68 Å². The Morgan fingerprint density at radius 1 is 0.895 bits per heavy atom. The van der Waals surface area contributed by atoms with Crippen LogP contribution in [0.5, 0.6) is 0 Å². The zero-order chi connectivity index (χ0) is 15.3. The van der Waals surface area contributed by atoms with Gasteiger partial charge in [-0.25, -0.2) is 0 Å². The Labute approximate surface area is 103 Å². The third kappa shape index (κ3) is 2.82. The second kappa shape index (κ2) is 4.23. The number of nitrogens with zero attached hydrogens (tertiary/aromatic N) is 3. The second-order valence-electron chi connectivity index (χ2n) is 3.99. The van der Waals surface area contributed by atoms with Gasteiger partial charge in [0.15, 0.2) is 0 Å². The molecule has 3 nitrogen and oxygen atoms in total. The van der Waals surface area contributed by atoms with Crippen LogP contribution in [0.2, 0.25) is 0 Å². The second-order valence-corrected chi connectivity index (χ2v) is 7.13. The minimum atomic E-state index is -6.75. The number of alkyl halides is 6. The van der Waals surface area contributed by atoms with E-state index in [-0.39, 0.29) is 22.4 Å². The maximum atomic E-state index is 14.2. The predicted octanol–water partition coefficient (Wildman–Crippen LogP) is 3.50. The van der Waals surface area contributed by atoms with E-state index in [2.05, 4.69) is 0 Å². The Bertz CT molecular complexity index is 370. The van der Waals surface area contributed by atoms with Crippen LogP contribution in [-0.2, 0) is 0 Å². The average molecular weight is 319 g/mol. The van der Waals surface area contributed by atoms with Gasteiger partial charge < -0.3 is 0 Å². The van der Waals surface area contributed by atoms with Gasteiger partial charge in [-0.15, -0.1) is 0 Å². The van der Waals surface area contributed by atoms with Crippen LogP contribution in [0.25, 0.3) is 0 Å². The van der Waals surface area contributed by atoms with E-state index in [1.807, 2.05) is 4.76 Å². The molecule has 19 heavy (non-hydrogen) atoms. The first-order valence-electron chi connectivity index (χ1n) is 4.82. The molecular formula is C7H10F8N3P. The molecule has 0 radical (unpaired) electrons. The van der Waals surface area contributed by atoms with E-state index in [1.165, 1.54) is 0 Å². The van der Waals surface area contributed by atoms with Gasteiger partial charge in [-0.05, 0) is 0 Å². The maximum absolute atomic E-state index is 14.2. The minimum absolute atomic E-state index is 0.156. The molecule has 0 amide bonds. The van der Waals surface area contributed by atoms with Gasteiger partial charge in [0.05, 0.1) is 0 Å². The van der Waals surface area contributed by atoms with Gasteiger partial charge >= 0.3 is 102 Å². The Morgan fingerprint density at radius 3 is 1.47 bits per heavy atom. The number of hydrogen-bond acceptors (Lipinski definition) is 3. The zero-order valence-corrected chi connectivity index (χ0v) is 10.6. The van der Waals surface area contributed by atoms with Crippen molar-refractivity contribution in [1.29, 1.82) is 0 Å². The van der Waals surface area contributed by atoms with Crippen LogP contribution in [0.1, 0.15) is 0 Å². The fourth-order valence-electron chi connectivity index (χ4n) is 1.47. The van der Waals surface area contributed by atoms with Crippen molar-refractivity contribution in [3.8, 4) is 0 Å². The molecule has 1 rings (SSSR count). The van der Waals surface area contributed by atoms with Gasteiger partial charge in [0, 0.05) is 0 Å². The van der Waals surface area contributed by atoms with Gasteiger partial charge in [-0.1, -0.05) is 0 Å². The number of likely N-dealkylation sites (N-methyl/N-ethyl adjacent to an activating group) is 2. The van der Waals surface area contributed by atoms with Gasteiger partial charge in [0.25, 0.3) is 0 Å². The molecule has 0 atom stereocenters. The fraction of sp³-hybridized carbons (Fsp3) is 0.857. The van der Waals surface area contributed by atoms with E-state index in [9.17, 15) is 34.7 Å². The summed E-state index contributed by atoms with van der Waals surface area (Å²) in [6, 6.07) is 0. The number of rotatable bonds is 1. The molecule has 1 heterocycles. The topological polar surface area (TPSA) is 18.8 Å². The molecule has 1 aliphatic heterocycles. The van der Waals surface area contributed by atoms with E-state index >= 15 is 0 Å². The summed E-state index contributed by atoms with van der Waals surface area (Å²) < 4.78 is 104. The molecule has 0 aromatic carbocycles. The first kappa shape index (κ1) is 16.5. The van der Waals surface area contributed by atoms with Crippen LogP contribution in [0.3, 0.4) is 0 Å². The third-order valence-corrected chi connectivity index (χ3v) is 5.86. The first-order valence-corrected chi connectivity index (χ1v) is 6.70. The summed E-state index contributed by atoms with van der Waals surface area (Å²) in [5.74, 6) is 0. The van der Waals surface area contributed by atoms with Crippen LogP contribution < -0.4 is 0 Å². The van der Waals surface area contributed by atoms with E-state index in [0.717, 1.165) is 14.1 Å². The van der Waals surface area contributed by atoms with Crippen molar-refractivity contribution in [3.63, 3.8) is 0 Å². The third-order valence-electron chi connectivity index (χ3n) is 2.68.